The molecule has 0 atom stereocenters. The lowest BCUT2D eigenvalue weighted by Crippen LogP contribution is -2.50. The highest BCUT2D eigenvalue weighted by Crippen LogP contribution is 2.36. The van der Waals surface area contributed by atoms with E-state index in [9.17, 15) is 4.79 Å². The number of anilines is 2. The molecule has 8 heteroatoms. The molecular formula is C23H22ClN3O2S2. The first-order valence-electron chi connectivity index (χ1n) is 9.89. The standard InChI is InChI=1S/C23H22ClN3O2S2/c1-29-22(28)19-15-20(16-5-3-2-4-6-16)31-21(19)25-23(30)27-13-11-26(12-14-27)18-9-7-17(24)8-10-18/h2-10,15H,11-14H2,1H3,(H,25,30). The Morgan fingerprint density at radius 2 is 1.74 bits per heavy atom. The third kappa shape index (κ3) is 5.01. The van der Waals surface area contributed by atoms with E-state index in [4.69, 9.17) is 28.6 Å². The molecule has 0 unspecified atom stereocenters. The van der Waals surface area contributed by atoms with Gasteiger partial charge in [-0.25, -0.2) is 4.79 Å². The monoisotopic (exact) mass is 471 g/mol. The van der Waals surface area contributed by atoms with E-state index in [0.717, 1.165) is 47.3 Å². The van der Waals surface area contributed by atoms with Crippen LogP contribution in [0.4, 0.5) is 10.7 Å². The quantitative estimate of drug-likeness (QED) is 0.407. The number of hydrogen-bond acceptors (Lipinski definition) is 5. The normalized spacial score (nSPS) is 13.7. The van der Waals surface area contributed by atoms with Gasteiger partial charge in [-0.1, -0.05) is 41.9 Å². The molecule has 1 saturated heterocycles. The lowest BCUT2D eigenvalue weighted by Gasteiger charge is -2.37. The minimum Gasteiger partial charge on any atom is -0.465 e. The molecule has 160 valence electrons. The van der Waals surface area contributed by atoms with Crippen LogP contribution in [0.5, 0.6) is 0 Å². The summed E-state index contributed by atoms with van der Waals surface area (Å²) >= 11 is 13.2. The van der Waals surface area contributed by atoms with Gasteiger partial charge >= 0.3 is 5.97 Å². The van der Waals surface area contributed by atoms with Gasteiger partial charge in [0.25, 0.3) is 0 Å². The predicted octanol–water partition coefficient (Wildman–Crippen LogP) is 5.37. The first-order chi connectivity index (χ1) is 15.0. The highest BCUT2D eigenvalue weighted by molar-refractivity contribution is 7.80. The molecule has 1 aromatic heterocycles. The maximum absolute atomic E-state index is 12.3. The zero-order valence-corrected chi connectivity index (χ0v) is 19.4. The number of methoxy groups -OCH3 is 1. The average Bonchev–Trinajstić information content (AvgIpc) is 3.23. The van der Waals surface area contributed by atoms with E-state index in [2.05, 4.69) is 15.1 Å². The number of piperazine rings is 1. The third-order valence-electron chi connectivity index (χ3n) is 5.17. The summed E-state index contributed by atoms with van der Waals surface area (Å²) in [5.74, 6) is -0.378. The van der Waals surface area contributed by atoms with Crippen LogP contribution in [0, 0.1) is 0 Å². The molecule has 0 aliphatic carbocycles. The summed E-state index contributed by atoms with van der Waals surface area (Å²) in [5.41, 5.74) is 2.70. The molecule has 1 aliphatic heterocycles. The van der Waals surface area contributed by atoms with Crippen LogP contribution < -0.4 is 10.2 Å². The molecule has 4 rings (SSSR count). The number of hydrogen-bond donors (Lipinski definition) is 1. The largest absolute Gasteiger partial charge is 0.465 e. The fraction of sp³-hybridized carbons (Fsp3) is 0.217. The Balaban J connectivity index is 1.45. The molecule has 1 aliphatic rings. The van der Waals surface area contributed by atoms with Gasteiger partial charge in [0.1, 0.15) is 5.00 Å². The summed E-state index contributed by atoms with van der Waals surface area (Å²) in [6.45, 7) is 3.29. The molecule has 2 aromatic carbocycles. The molecule has 1 fully saturated rings. The van der Waals surface area contributed by atoms with Crippen molar-refractivity contribution in [3.05, 3.63) is 71.2 Å². The van der Waals surface area contributed by atoms with Crippen LogP contribution in [0.3, 0.4) is 0 Å². The summed E-state index contributed by atoms with van der Waals surface area (Å²) in [6.07, 6.45) is 0. The van der Waals surface area contributed by atoms with Crippen LogP contribution in [-0.4, -0.2) is 49.3 Å². The minimum absolute atomic E-state index is 0.378. The summed E-state index contributed by atoms with van der Waals surface area (Å²) in [5, 5.41) is 5.34. The van der Waals surface area contributed by atoms with Crippen molar-refractivity contribution in [2.24, 2.45) is 0 Å². The molecule has 1 N–H and O–H groups in total. The number of benzene rings is 2. The van der Waals surface area contributed by atoms with Gasteiger partial charge in [-0.2, -0.15) is 0 Å². The number of thiophene rings is 1. The first kappa shape index (κ1) is 21.6. The second-order valence-corrected chi connectivity index (χ2v) is 8.97. The van der Waals surface area contributed by atoms with Gasteiger partial charge in [0.15, 0.2) is 5.11 Å². The van der Waals surface area contributed by atoms with Crippen molar-refractivity contribution in [1.82, 2.24) is 4.90 Å². The van der Waals surface area contributed by atoms with Crippen molar-refractivity contribution >= 4 is 56.9 Å². The molecule has 5 nitrogen and oxygen atoms in total. The average molecular weight is 472 g/mol. The van der Waals surface area contributed by atoms with Crippen LogP contribution in [0.15, 0.2) is 60.7 Å². The van der Waals surface area contributed by atoms with Crippen LogP contribution in [0.1, 0.15) is 10.4 Å². The molecule has 31 heavy (non-hydrogen) atoms. The molecule has 0 radical (unpaired) electrons. The molecule has 0 amide bonds. The van der Waals surface area contributed by atoms with E-state index in [1.54, 1.807) is 0 Å². The van der Waals surface area contributed by atoms with Gasteiger partial charge in [-0.15, -0.1) is 11.3 Å². The van der Waals surface area contributed by atoms with Crippen molar-refractivity contribution in [1.29, 1.82) is 0 Å². The Bertz CT molecular complexity index is 1060. The lowest BCUT2D eigenvalue weighted by atomic mass is 10.1. The van der Waals surface area contributed by atoms with Crippen molar-refractivity contribution in [2.75, 3.05) is 43.5 Å². The Morgan fingerprint density at radius 1 is 1.06 bits per heavy atom. The van der Waals surface area contributed by atoms with E-state index < -0.39 is 0 Å². The van der Waals surface area contributed by atoms with E-state index in [0.29, 0.717) is 15.7 Å². The summed E-state index contributed by atoms with van der Waals surface area (Å²) in [6, 6.07) is 19.7. The Kier molecular flexibility index (Phi) is 6.75. The molecule has 0 spiro atoms. The van der Waals surface area contributed by atoms with Gasteiger partial charge in [0.05, 0.1) is 12.7 Å². The SMILES string of the molecule is COC(=O)c1cc(-c2ccccc2)sc1NC(=S)N1CCN(c2ccc(Cl)cc2)CC1. The van der Waals surface area contributed by atoms with Crippen LogP contribution in [-0.2, 0) is 4.74 Å². The second kappa shape index (κ2) is 9.68. The maximum Gasteiger partial charge on any atom is 0.340 e. The van der Waals surface area contributed by atoms with Crippen LogP contribution in [0.2, 0.25) is 5.02 Å². The maximum atomic E-state index is 12.3. The Labute approximate surface area is 196 Å². The van der Waals surface area contributed by atoms with Gasteiger partial charge in [0.2, 0.25) is 0 Å². The summed E-state index contributed by atoms with van der Waals surface area (Å²) < 4.78 is 4.98. The third-order valence-corrected chi connectivity index (χ3v) is 6.89. The molecule has 0 bridgehead atoms. The van der Waals surface area contributed by atoms with Gasteiger partial charge in [-0.3, -0.25) is 0 Å². The van der Waals surface area contributed by atoms with Crippen LogP contribution >= 0.6 is 35.2 Å². The van der Waals surface area contributed by atoms with Crippen LogP contribution in [0.25, 0.3) is 10.4 Å². The Morgan fingerprint density at radius 3 is 2.39 bits per heavy atom. The fourth-order valence-electron chi connectivity index (χ4n) is 3.49. The van der Waals surface area contributed by atoms with E-state index >= 15 is 0 Å². The number of nitrogens with one attached hydrogen (secondary N) is 1. The summed E-state index contributed by atoms with van der Waals surface area (Å²) in [7, 11) is 1.39. The first-order valence-corrected chi connectivity index (χ1v) is 11.5. The summed E-state index contributed by atoms with van der Waals surface area (Å²) in [4.78, 5) is 17.8. The number of halogens is 1. The van der Waals surface area contributed by atoms with Gasteiger partial charge in [-0.05, 0) is 48.1 Å². The molecule has 2 heterocycles. The van der Waals surface area contributed by atoms with Crippen molar-refractivity contribution in [3.8, 4) is 10.4 Å². The number of esters is 1. The van der Waals surface area contributed by atoms with E-state index in [-0.39, 0.29) is 5.97 Å². The zero-order valence-electron chi connectivity index (χ0n) is 17.0. The van der Waals surface area contributed by atoms with E-state index in [1.165, 1.54) is 18.4 Å². The number of rotatable bonds is 4. The number of carbonyl (C=O) groups excluding carboxylic acids is 1. The molecule has 3 aromatic rings. The molecular weight excluding hydrogens is 450 g/mol. The lowest BCUT2D eigenvalue weighted by molar-refractivity contribution is 0.0602. The zero-order chi connectivity index (χ0) is 21.8. The smallest absolute Gasteiger partial charge is 0.340 e. The minimum atomic E-state index is -0.378. The molecule has 0 saturated carbocycles. The number of carbonyl (C=O) groups is 1. The van der Waals surface area contributed by atoms with Gasteiger partial charge in [0, 0.05) is 41.8 Å². The van der Waals surface area contributed by atoms with E-state index in [1.807, 2.05) is 60.7 Å². The number of thiocarbonyl (C=S) groups is 1. The van der Waals surface area contributed by atoms with Crippen molar-refractivity contribution in [3.63, 3.8) is 0 Å². The topological polar surface area (TPSA) is 44.8 Å². The van der Waals surface area contributed by atoms with Crippen molar-refractivity contribution in [2.45, 2.75) is 0 Å². The predicted molar refractivity (Wildman–Crippen MR) is 133 cm³/mol. The highest BCUT2D eigenvalue weighted by Gasteiger charge is 2.23. The number of ether oxygens (including phenoxy) is 1. The highest BCUT2D eigenvalue weighted by atomic mass is 35.5. The number of nitrogens with zero attached hydrogens (tertiary/aromatic N) is 2. The fourth-order valence-corrected chi connectivity index (χ4v) is 5.01. The second-order valence-electron chi connectivity index (χ2n) is 7.09. The van der Waals surface area contributed by atoms with Crippen molar-refractivity contribution < 1.29 is 9.53 Å². The van der Waals surface area contributed by atoms with Gasteiger partial charge < -0.3 is 19.9 Å². The Hall–Kier alpha value is -2.61.